The van der Waals surface area contributed by atoms with Gasteiger partial charge in [-0.25, -0.2) is 20.4 Å². The van der Waals surface area contributed by atoms with E-state index in [2.05, 4.69) is 21.1 Å². The van der Waals surface area contributed by atoms with Crippen molar-refractivity contribution in [2.75, 3.05) is 0 Å². The molecule has 0 spiro atoms. The monoisotopic (exact) mass is 542 g/mol. The van der Waals surface area contributed by atoms with Crippen LogP contribution in [-0.4, -0.2) is 36.4 Å². The van der Waals surface area contributed by atoms with Gasteiger partial charge in [0, 0.05) is 21.7 Å². The Morgan fingerprint density at radius 2 is 1.09 bits per heavy atom. The van der Waals surface area contributed by atoms with E-state index in [0.29, 0.717) is 0 Å². The average molecular weight is 543 g/mol. The summed E-state index contributed by atoms with van der Waals surface area (Å²) in [7, 11) is 0. The van der Waals surface area contributed by atoms with Crippen LogP contribution in [0.1, 0.15) is 34.7 Å². The van der Waals surface area contributed by atoms with E-state index in [0.717, 1.165) is 34.7 Å². The van der Waals surface area contributed by atoms with Crippen LogP contribution in [0.15, 0.2) is 33.1 Å². The average Bonchev–Trinajstić information content (AvgIpc) is 3.23. The second kappa shape index (κ2) is 20.6. The Morgan fingerprint density at radius 1 is 0.818 bits per heavy atom. The van der Waals surface area contributed by atoms with Crippen molar-refractivity contribution in [1.82, 2.24) is 10.9 Å². The largest absolute Gasteiger partial charge is 2.00 e. The molecular formula is C18H24N6NiO6S2. The minimum Gasteiger partial charge on any atom is -0.550 e. The predicted octanol–water partition coefficient (Wildman–Crippen LogP) is -0.373. The molecule has 0 saturated heterocycles. The van der Waals surface area contributed by atoms with Crippen LogP contribution in [0, 0.1) is 13.8 Å². The smallest absolute Gasteiger partial charge is 0.550 e. The molecule has 0 aliphatic carbocycles. The van der Waals surface area contributed by atoms with Crippen molar-refractivity contribution < 1.29 is 45.9 Å². The molecule has 0 atom stereocenters. The molecular weight excluding hydrogens is 519 g/mol. The zero-order valence-electron chi connectivity index (χ0n) is 18.1. The van der Waals surface area contributed by atoms with Gasteiger partial charge in [-0.05, 0) is 61.7 Å². The number of aliphatic carboxylic acids is 2. The summed E-state index contributed by atoms with van der Waals surface area (Å²) in [6.07, 6.45) is 3.15. The third-order valence-corrected chi connectivity index (χ3v) is 4.42. The second-order valence-electron chi connectivity index (χ2n) is 5.39. The van der Waals surface area contributed by atoms with E-state index in [9.17, 15) is 9.59 Å². The maximum absolute atomic E-state index is 10.2. The van der Waals surface area contributed by atoms with Crippen molar-refractivity contribution in [2.24, 2.45) is 21.7 Å². The summed E-state index contributed by atoms with van der Waals surface area (Å²) in [6.45, 7) is 5.89. The van der Waals surface area contributed by atoms with Crippen molar-refractivity contribution in [3.63, 3.8) is 0 Å². The molecule has 2 aromatic heterocycles. The SMILES string of the molecule is CC(=O)[O-].CC(=O)[O-].Cc1ccsc1/C=N/NC(N)=O.Cc1ccsc1/C=N/NC(N)=O.[Ni+2]. The Hall–Kier alpha value is -3.29. The van der Waals surface area contributed by atoms with Gasteiger partial charge in [0.25, 0.3) is 0 Å². The number of carboxylic acids is 2. The predicted molar refractivity (Wildman–Crippen MR) is 120 cm³/mol. The quantitative estimate of drug-likeness (QED) is 0.229. The van der Waals surface area contributed by atoms with Crippen LogP contribution in [0.3, 0.4) is 0 Å². The van der Waals surface area contributed by atoms with E-state index < -0.39 is 24.0 Å². The van der Waals surface area contributed by atoms with Crippen molar-refractivity contribution in [3.05, 3.63) is 43.8 Å². The molecule has 15 heteroatoms. The Balaban J connectivity index is -0.000000405. The summed E-state index contributed by atoms with van der Waals surface area (Å²) < 4.78 is 0. The molecule has 2 rings (SSSR count). The molecule has 184 valence electrons. The number of primary amides is 2. The van der Waals surface area contributed by atoms with Crippen molar-refractivity contribution in [1.29, 1.82) is 0 Å². The first-order valence-corrected chi connectivity index (χ1v) is 10.2. The van der Waals surface area contributed by atoms with E-state index in [1.165, 1.54) is 0 Å². The number of urea groups is 2. The first kappa shape index (κ1) is 34.3. The molecule has 2 heterocycles. The Morgan fingerprint density at radius 3 is 1.27 bits per heavy atom. The molecule has 0 aromatic carbocycles. The van der Waals surface area contributed by atoms with Gasteiger partial charge >= 0.3 is 28.6 Å². The first-order valence-electron chi connectivity index (χ1n) is 8.47. The molecule has 4 amide bonds. The molecule has 0 aliphatic heterocycles. The molecule has 12 nitrogen and oxygen atoms in total. The number of hydrazone groups is 2. The van der Waals surface area contributed by atoms with E-state index in [4.69, 9.17) is 31.3 Å². The van der Waals surface area contributed by atoms with Gasteiger partial charge in [0.05, 0.1) is 12.4 Å². The minimum absolute atomic E-state index is 0. The second-order valence-corrected chi connectivity index (χ2v) is 7.28. The number of aryl methyl sites for hydroxylation is 2. The number of nitrogens with zero attached hydrogens (tertiary/aromatic N) is 2. The summed E-state index contributed by atoms with van der Waals surface area (Å²) in [5.41, 5.74) is 16.1. The molecule has 33 heavy (non-hydrogen) atoms. The van der Waals surface area contributed by atoms with E-state index in [-0.39, 0.29) is 16.5 Å². The van der Waals surface area contributed by atoms with Crippen LogP contribution >= 0.6 is 22.7 Å². The van der Waals surface area contributed by atoms with Crippen LogP contribution in [0.4, 0.5) is 9.59 Å². The van der Waals surface area contributed by atoms with Gasteiger partial charge in [0.1, 0.15) is 0 Å². The van der Waals surface area contributed by atoms with Crippen LogP contribution < -0.4 is 32.5 Å². The summed E-state index contributed by atoms with van der Waals surface area (Å²) >= 11 is 3.12. The Bertz CT molecular complexity index is 847. The van der Waals surface area contributed by atoms with Gasteiger partial charge in [0.15, 0.2) is 0 Å². The number of carboxylic acid groups (broad SMARTS) is 2. The number of hydrogen-bond acceptors (Lipinski definition) is 10. The summed E-state index contributed by atoms with van der Waals surface area (Å²) in [6, 6.07) is 2.66. The van der Waals surface area contributed by atoms with Gasteiger partial charge in [-0.15, -0.1) is 22.7 Å². The third-order valence-electron chi connectivity index (χ3n) is 2.52. The topological polar surface area (TPSA) is 215 Å². The maximum atomic E-state index is 10.2. The van der Waals surface area contributed by atoms with Crippen molar-refractivity contribution in [2.45, 2.75) is 27.7 Å². The first-order chi connectivity index (χ1) is 14.9. The number of carbonyl (C=O) groups is 4. The maximum Gasteiger partial charge on any atom is 2.00 e. The number of nitrogens with one attached hydrogen (secondary N) is 2. The molecule has 0 radical (unpaired) electrons. The fourth-order valence-electron chi connectivity index (χ4n) is 1.34. The fourth-order valence-corrected chi connectivity index (χ4v) is 2.92. The summed E-state index contributed by atoms with van der Waals surface area (Å²) in [5, 5.41) is 29.0. The Labute approximate surface area is 208 Å². The van der Waals surface area contributed by atoms with E-state index in [1.807, 2.05) is 36.7 Å². The standard InChI is InChI=1S/2C7H9N3OS.2C2H4O2.Ni/c2*1-5-2-3-12-6(5)4-9-10-7(8)11;2*1-2(3)4;/h2*2-4H,1H3,(H3,8,10,11);2*1H3,(H,3,4);/q;;;;+2/p-2/b2*9-4+;;;. The minimum atomic E-state index is -1.08. The Kier molecular flexibility index (Phi) is 21.4. The number of rotatable bonds is 4. The number of carbonyl (C=O) groups excluding carboxylic acids is 4. The normalized spacial score (nSPS) is 9.09. The summed E-state index contributed by atoms with van der Waals surface area (Å²) in [4.78, 5) is 40.2. The number of thiophene rings is 2. The van der Waals surface area contributed by atoms with Crippen molar-refractivity contribution >= 4 is 59.1 Å². The molecule has 0 unspecified atom stereocenters. The van der Waals surface area contributed by atoms with Gasteiger partial charge in [0.2, 0.25) is 0 Å². The van der Waals surface area contributed by atoms with Gasteiger partial charge < -0.3 is 31.3 Å². The molecule has 0 fully saturated rings. The van der Waals surface area contributed by atoms with Crippen LogP contribution in [-0.2, 0) is 26.1 Å². The molecule has 0 bridgehead atoms. The third kappa shape index (κ3) is 24.9. The van der Waals surface area contributed by atoms with Crippen molar-refractivity contribution in [3.8, 4) is 0 Å². The van der Waals surface area contributed by atoms with Gasteiger partial charge in [-0.1, -0.05) is 0 Å². The van der Waals surface area contributed by atoms with Gasteiger partial charge in [-0.2, -0.15) is 10.2 Å². The fraction of sp³-hybridized carbons (Fsp3) is 0.222. The van der Waals surface area contributed by atoms with Crippen LogP contribution in [0.2, 0.25) is 0 Å². The van der Waals surface area contributed by atoms with Crippen LogP contribution in [0.5, 0.6) is 0 Å². The zero-order chi connectivity index (χ0) is 25.1. The molecule has 0 saturated carbocycles. The molecule has 6 N–H and O–H groups in total. The molecule has 0 aliphatic rings. The number of amides is 4. The van der Waals surface area contributed by atoms with E-state index in [1.54, 1.807) is 35.1 Å². The summed E-state index contributed by atoms with van der Waals surface area (Å²) in [5.74, 6) is -2.17. The zero-order valence-corrected chi connectivity index (χ0v) is 20.7. The van der Waals surface area contributed by atoms with Gasteiger partial charge in [-0.3, -0.25) is 0 Å². The van der Waals surface area contributed by atoms with E-state index >= 15 is 0 Å². The number of nitrogens with two attached hydrogens (primary N) is 2. The molecule has 2 aromatic rings. The number of hydrogen-bond donors (Lipinski definition) is 4. The van der Waals surface area contributed by atoms with Crippen LogP contribution in [0.25, 0.3) is 0 Å².